The van der Waals surface area contributed by atoms with Crippen molar-refractivity contribution in [3.63, 3.8) is 0 Å². The fourth-order valence-corrected chi connectivity index (χ4v) is 3.56. The summed E-state index contributed by atoms with van der Waals surface area (Å²) in [7, 11) is 0. The van der Waals surface area contributed by atoms with Gasteiger partial charge in [0.25, 0.3) is 0 Å². The van der Waals surface area contributed by atoms with Gasteiger partial charge in [-0.3, -0.25) is 9.48 Å². The number of aryl methyl sites for hydroxylation is 1. The van der Waals surface area contributed by atoms with Crippen LogP contribution in [0.2, 0.25) is 0 Å². The summed E-state index contributed by atoms with van der Waals surface area (Å²) in [5.41, 5.74) is 1.35. The van der Waals surface area contributed by atoms with E-state index in [0.717, 1.165) is 24.0 Å². The summed E-state index contributed by atoms with van der Waals surface area (Å²) in [6.45, 7) is 2.91. The topological polar surface area (TPSA) is 72.7 Å². The summed E-state index contributed by atoms with van der Waals surface area (Å²) in [6.07, 6.45) is 10.1. The fourth-order valence-electron chi connectivity index (χ4n) is 3.34. The van der Waals surface area contributed by atoms with Gasteiger partial charge in [0.15, 0.2) is 5.65 Å². The van der Waals surface area contributed by atoms with Crippen LogP contribution in [0, 0.1) is 5.92 Å². The molecule has 1 saturated heterocycles. The first kappa shape index (κ1) is 14.4. The lowest BCUT2D eigenvalue weighted by molar-refractivity contribution is -0.120. The molecular formula is C16H16ClN5O. The number of allylic oxidation sites excluding steroid dienone is 2. The third-order valence-corrected chi connectivity index (χ3v) is 4.60. The highest BCUT2D eigenvalue weighted by Gasteiger charge is 2.43. The molecule has 2 aliphatic rings. The highest BCUT2D eigenvalue weighted by Crippen LogP contribution is 2.39. The number of rotatable bonds is 3. The summed E-state index contributed by atoms with van der Waals surface area (Å²) in [4.78, 5) is 21.2. The van der Waals surface area contributed by atoms with Gasteiger partial charge in [0, 0.05) is 23.7 Å². The Labute approximate surface area is 138 Å². The minimum Gasteiger partial charge on any atom is -0.349 e. The molecule has 1 amide bonds. The molecule has 0 radical (unpaired) electrons. The third kappa shape index (κ3) is 2.34. The zero-order chi connectivity index (χ0) is 16.0. The maximum absolute atomic E-state index is 12.5. The number of hydrogen-bond donors (Lipinski definition) is 1. The molecule has 118 valence electrons. The predicted molar refractivity (Wildman–Crippen MR) is 86.9 cm³/mol. The molecule has 3 atom stereocenters. The molecule has 0 bridgehead atoms. The van der Waals surface area contributed by atoms with Gasteiger partial charge in [0.1, 0.15) is 6.33 Å². The smallest absolute Gasteiger partial charge is 0.230 e. The van der Waals surface area contributed by atoms with Gasteiger partial charge in [-0.1, -0.05) is 30.7 Å². The van der Waals surface area contributed by atoms with E-state index >= 15 is 0 Å². The lowest BCUT2D eigenvalue weighted by atomic mass is 9.84. The summed E-state index contributed by atoms with van der Waals surface area (Å²) in [5.74, 6) is -0.438. The van der Waals surface area contributed by atoms with Crippen molar-refractivity contribution in [3.05, 3.63) is 41.5 Å². The number of fused-ring (bicyclic) bond motifs is 2. The van der Waals surface area contributed by atoms with Gasteiger partial charge in [-0.25, -0.2) is 9.97 Å². The first-order chi connectivity index (χ1) is 11.2. The normalized spacial score (nSPS) is 26.3. The standard InChI is InChI=1S/C16H16ClN5O/c1-2-5-22-7-11-14(18-8-19-15(11)21-22)13-10-6-9(17)3-4-12(10)20-16(13)23/h3-4,6-8,10,12-13H,2,5H2,1H3,(H,20,23). The van der Waals surface area contributed by atoms with Crippen LogP contribution in [0.15, 0.2) is 35.8 Å². The van der Waals surface area contributed by atoms with E-state index in [1.165, 1.54) is 6.33 Å². The van der Waals surface area contributed by atoms with Gasteiger partial charge in [-0.2, -0.15) is 5.10 Å². The molecule has 1 aliphatic heterocycles. The SMILES string of the molecule is CCCn1cc2c(C3C(=O)NC4C=CC(Cl)=CC43)ncnc2n1. The second kappa shape index (κ2) is 5.45. The number of aromatic nitrogens is 4. The van der Waals surface area contributed by atoms with Crippen LogP contribution in [0.25, 0.3) is 11.0 Å². The van der Waals surface area contributed by atoms with Crippen LogP contribution in [-0.4, -0.2) is 31.7 Å². The Bertz CT molecular complexity index is 840. The summed E-state index contributed by atoms with van der Waals surface area (Å²) in [6, 6.07) is -0.0364. The summed E-state index contributed by atoms with van der Waals surface area (Å²) in [5, 5.41) is 8.95. The Balaban J connectivity index is 1.82. The molecule has 23 heavy (non-hydrogen) atoms. The maximum Gasteiger partial charge on any atom is 0.230 e. The van der Waals surface area contributed by atoms with Gasteiger partial charge >= 0.3 is 0 Å². The highest BCUT2D eigenvalue weighted by atomic mass is 35.5. The lowest BCUT2D eigenvalue weighted by Crippen LogP contribution is -2.27. The zero-order valence-corrected chi connectivity index (χ0v) is 13.4. The molecule has 0 spiro atoms. The van der Waals surface area contributed by atoms with E-state index in [1.807, 2.05) is 29.1 Å². The van der Waals surface area contributed by atoms with Crippen LogP contribution < -0.4 is 5.32 Å². The van der Waals surface area contributed by atoms with Gasteiger partial charge in [0.2, 0.25) is 5.91 Å². The molecule has 1 fully saturated rings. The number of carbonyl (C=O) groups excluding carboxylic acids is 1. The Morgan fingerprint density at radius 3 is 3.09 bits per heavy atom. The molecule has 2 aromatic rings. The summed E-state index contributed by atoms with van der Waals surface area (Å²) >= 11 is 6.13. The molecule has 3 unspecified atom stereocenters. The molecule has 2 aromatic heterocycles. The lowest BCUT2D eigenvalue weighted by Gasteiger charge is -2.19. The Morgan fingerprint density at radius 1 is 1.39 bits per heavy atom. The zero-order valence-electron chi connectivity index (χ0n) is 12.6. The second-order valence-electron chi connectivity index (χ2n) is 5.89. The minimum absolute atomic E-state index is 0.0319. The monoisotopic (exact) mass is 329 g/mol. The maximum atomic E-state index is 12.5. The summed E-state index contributed by atoms with van der Waals surface area (Å²) < 4.78 is 1.86. The van der Waals surface area contributed by atoms with E-state index in [1.54, 1.807) is 0 Å². The predicted octanol–water partition coefficient (Wildman–Crippen LogP) is 2.13. The van der Waals surface area contributed by atoms with Crippen LogP contribution in [0.5, 0.6) is 0 Å². The van der Waals surface area contributed by atoms with Crippen LogP contribution >= 0.6 is 11.6 Å². The molecule has 4 rings (SSSR count). The van der Waals surface area contributed by atoms with E-state index in [0.29, 0.717) is 10.7 Å². The largest absolute Gasteiger partial charge is 0.349 e. The molecule has 0 aromatic carbocycles. The van der Waals surface area contributed by atoms with Crippen molar-refractivity contribution in [2.24, 2.45) is 5.92 Å². The molecular weight excluding hydrogens is 314 g/mol. The van der Waals surface area contributed by atoms with E-state index in [-0.39, 0.29) is 23.8 Å². The van der Waals surface area contributed by atoms with Crippen molar-refractivity contribution in [3.8, 4) is 0 Å². The van der Waals surface area contributed by atoms with E-state index in [9.17, 15) is 4.79 Å². The molecule has 1 aliphatic carbocycles. The van der Waals surface area contributed by atoms with Crippen LogP contribution in [-0.2, 0) is 11.3 Å². The average Bonchev–Trinajstić information content (AvgIpc) is 3.07. The Morgan fingerprint density at radius 2 is 2.26 bits per heavy atom. The van der Waals surface area contributed by atoms with Crippen molar-refractivity contribution < 1.29 is 4.79 Å². The fraction of sp³-hybridized carbons (Fsp3) is 0.375. The number of halogens is 1. The quantitative estimate of drug-likeness (QED) is 0.936. The van der Waals surface area contributed by atoms with Crippen LogP contribution in [0.4, 0.5) is 0 Å². The van der Waals surface area contributed by atoms with Gasteiger partial charge in [-0.15, -0.1) is 0 Å². The third-order valence-electron chi connectivity index (χ3n) is 4.35. The molecule has 0 saturated carbocycles. The van der Waals surface area contributed by atoms with Crippen molar-refractivity contribution in [1.29, 1.82) is 0 Å². The van der Waals surface area contributed by atoms with E-state index < -0.39 is 0 Å². The van der Waals surface area contributed by atoms with Crippen LogP contribution in [0.3, 0.4) is 0 Å². The Hall–Kier alpha value is -2.21. The number of hydrogen-bond acceptors (Lipinski definition) is 4. The number of amides is 1. The second-order valence-corrected chi connectivity index (χ2v) is 6.32. The molecule has 3 heterocycles. The van der Waals surface area contributed by atoms with Crippen molar-refractivity contribution in [2.45, 2.75) is 31.8 Å². The molecule has 1 N–H and O–H groups in total. The minimum atomic E-state index is -0.372. The first-order valence-corrected chi connectivity index (χ1v) is 8.09. The van der Waals surface area contributed by atoms with Gasteiger partial charge < -0.3 is 5.32 Å². The van der Waals surface area contributed by atoms with Crippen molar-refractivity contribution in [1.82, 2.24) is 25.1 Å². The van der Waals surface area contributed by atoms with Gasteiger partial charge in [-0.05, 0) is 12.5 Å². The van der Waals surface area contributed by atoms with E-state index in [4.69, 9.17) is 11.6 Å². The van der Waals surface area contributed by atoms with Crippen LogP contribution in [0.1, 0.15) is 25.0 Å². The van der Waals surface area contributed by atoms with Crippen molar-refractivity contribution in [2.75, 3.05) is 0 Å². The average molecular weight is 330 g/mol. The number of carbonyl (C=O) groups is 1. The first-order valence-electron chi connectivity index (χ1n) is 7.71. The number of nitrogens with zero attached hydrogens (tertiary/aromatic N) is 4. The number of nitrogens with one attached hydrogen (secondary N) is 1. The van der Waals surface area contributed by atoms with E-state index in [2.05, 4.69) is 27.3 Å². The Kier molecular flexibility index (Phi) is 3.41. The molecule has 7 heteroatoms. The van der Waals surface area contributed by atoms with Crippen molar-refractivity contribution >= 4 is 28.5 Å². The highest BCUT2D eigenvalue weighted by molar-refractivity contribution is 6.31. The van der Waals surface area contributed by atoms with Gasteiger partial charge in [0.05, 0.1) is 23.0 Å². The molecule has 6 nitrogen and oxygen atoms in total.